The Balaban J connectivity index is 2.82. The molecule has 0 aromatic heterocycles. The summed E-state index contributed by atoms with van der Waals surface area (Å²) < 4.78 is 17.5. The summed E-state index contributed by atoms with van der Waals surface area (Å²) in [7, 11) is -2.52. The molecule has 0 bridgehead atoms. The summed E-state index contributed by atoms with van der Waals surface area (Å²) in [6, 6.07) is 2.14. The van der Waals surface area contributed by atoms with Crippen LogP contribution in [0.3, 0.4) is 0 Å². The van der Waals surface area contributed by atoms with Crippen molar-refractivity contribution in [3.8, 4) is 0 Å². The smallest absolute Gasteiger partial charge is 0.230 e. The fourth-order valence-corrected chi connectivity index (χ4v) is 4.13. The highest BCUT2D eigenvalue weighted by Crippen LogP contribution is 2.50. The van der Waals surface area contributed by atoms with Gasteiger partial charge in [-0.1, -0.05) is 6.07 Å². The molecule has 0 aliphatic carbocycles. The van der Waals surface area contributed by atoms with E-state index in [-0.39, 0.29) is 0 Å². The van der Waals surface area contributed by atoms with E-state index in [9.17, 15) is 4.57 Å². The molecule has 2 rings (SSSR count). The van der Waals surface area contributed by atoms with E-state index in [4.69, 9.17) is 4.52 Å². The first-order valence-electron chi connectivity index (χ1n) is 4.76. The Bertz CT molecular complexity index is 449. The van der Waals surface area contributed by atoms with Gasteiger partial charge in [0.1, 0.15) is 0 Å². The molecular formula is C11H15O2P. The van der Waals surface area contributed by atoms with Crippen molar-refractivity contribution >= 4 is 12.7 Å². The van der Waals surface area contributed by atoms with Gasteiger partial charge in [-0.2, -0.15) is 0 Å². The minimum Gasteiger partial charge on any atom is -0.321 e. The van der Waals surface area contributed by atoms with E-state index in [0.29, 0.717) is 6.61 Å². The lowest BCUT2D eigenvalue weighted by atomic mass is 10.0. The van der Waals surface area contributed by atoms with Gasteiger partial charge in [0, 0.05) is 12.0 Å². The van der Waals surface area contributed by atoms with E-state index in [2.05, 4.69) is 19.9 Å². The monoisotopic (exact) mass is 210 g/mol. The van der Waals surface area contributed by atoms with Gasteiger partial charge in [-0.25, -0.2) is 0 Å². The van der Waals surface area contributed by atoms with Crippen molar-refractivity contribution in [1.82, 2.24) is 0 Å². The fraction of sp³-hybridized carbons (Fsp3) is 0.455. The Morgan fingerprint density at radius 2 is 1.93 bits per heavy atom. The molecule has 0 amide bonds. The highest BCUT2D eigenvalue weighted by atomic mass is 31.2. The maximum absolute atomic E-state index is 12.1. The van der Waals surface area contributed by atoms with Gasteiger partial charge in [-0.3, -0.25) is 4.57 Å². The maximum atomic E-state index is 12.1. The number of rotatable bonds is 0. The highest BCUT2D eigenvalue weighted by Gasteiger charge is 2.33. The summed E-state index contributed by atoms with van der Waals surface area (Å²) in [6.07, 6.45) is 0. The van der Waals surface area contributed by atoms with Crippen LogP contribution in [0.4, 0.5) is 0 Å². The number of hydrogen-bond donors (Lipinski definition) is 0. The molecule has 0 fully saturated rings. The molecule has 1 heterocycles. The van der Waals surface area contributed by atoms with Gasteiger partial charge in [0.05, 0.1) is 6.61 Å². The van der Waals surface area contributed by atoms with Crippen LogP contribution < -0.4 is 5.30 Å². The first-order valence-corrected chi connectivity index (χ1v) is 6.83. The van der Waals surface area contributed by atoms with Gasteiger partial charge >= 0.3 is 0 Å². The van der Waals surface area contributed by atoms with Crippen molar-refractivity contribution in [1.29, 1.82) is 0 Å². The lowest BCUT2D eigenvalue weighted by Crippen LogP contribution is -2.11. The van der Waals surface area contributed by atoms with Gasteiger partial charge in [-0.05, 0) is 43.0 Å². The second kappa shape index (κ2) is 2.95. The van der Waals surface area contributed by atoms with Crippen LogP contribution in [-0.4, -0.2) is 6.66 Å². The average Bonchev–Trinajstić information content (AvgIpc) is 2.38. The molecule has 76 valence electrons. The number of aryl methyl sites for hydroxylation is 2. The van der Waals surface area contributed by atoms with Crippen LogP contribution >= 0.6 is 7.37 Å². The Kier molecular flexibility index (Phi) is 2.09. The van der Waals surface area contributed by atoms with Crippen molar-refractivity contribution in [2.24, 2.45) is 0 Å². The molecule has 0 N–H and O–H groups in total. The minimum absolute atomic E-state index is 0.510. The van der Waals surface area contributed by atoms with Gasteiger partial charge in [-0.15, -0.1) is 0 Å². The van der Waals surface area contributed by atoms with Crippen LogP contribution in [0.1, 0.15) is 22.3 Å². The SMILES string of the molecule is Cc1cc(C)c2c(c1C)P(C)(=O)OC2. The fourth-order valence-electron chi connectivity index (χ4n) is 2.10. The topological polar surface area (TPSA) is 26.3 Å². The largest absolute Gasteiger partial charge is 0.321 e. The molecule has 0 saturated heterocycles. The summed E-state index contributed by atoms with van der Waals surface area (Å²) in [5.41, 5.74) is 4.67. The summed E-state index contributed by atoms with van der Waals surface area (Å²) in [5, 5.41) is 0.968. The first-order chi connectivity index (χ1) is 6.43. The zero-order chi connectivity index (χ0) is 10.5. The maximum Gasteiger partial charge on any atom is 0.230 e. The Morgan fingerprint density at radius 1 is 1.29 bits per heavy atom. The lowest BCUT2D eigenvalue weighted by Gasteiger charge is -2.12. The average molecular weight is 210 g/mol. The van der Waals surface area contributed by atoms with Crippen molar-refractivity contribution in [2.45, 2.75) is 27.4 Å². The molecule has 1 aromatic rings. The molecule has 0 saturated carbocycles. The van der Waals surface area contributed by atoms with Crippen molar-refractivity contribution in [3.05, 3.63) is 28.3 Å². The quantitative estimate of drug-likeness (QED) is 0.615. The molecule has 1 aliphatic heterocycles. The van der Waals surface area contributed by atoms with E-state index < -0.39 is 7.37 Å². The van der Waals surface area contributed by atoms with Crippen molar-refractivity contribution in [3.63, 3.8) is 0 Å². The summed E-state index contributed by atoms with van der Waals surface area (Å²) >= 11 is 0. The zero-order valence-electron chi connectivity index (χ0n) is 9.05. The van der Waals surface area contributed by atoms with E-state index in [1.165, 1.54) is 11.1 Å². The van der Waals surface area contributed by atoms with Crippen LogP contribution in [0, 0.1) is 20.8 Å². The summed E-state index contributed by atoms with van der Waals surface area (Å²) in [4.78, 5) is 0. The summed E-state index contributed by atoms with van der Waals surface area (Å²) in [6.45, 7) is 8.36. The minimum atomic E-state index is -2.52. The predicted octanol–water partition coefficient (Wildman–Crippen LogP) is 2.68. The van der Waals surface area contributed by atoms with Crippen LogP contribution in [0.2, 0.25) is 0 Å². The zero-order valence-corrected chi connectivity index (χ0v) is 9.94. The van der Waals surface area contributed by atoms with E-state index >= 15 is 0 Å². The molecule has 0 spiro atoms. The molecule has 1 aromatic carbocycles. The molecule has 1 aliphatic rings. The third kappa shape index (κ3) is 1.25. The number of fused-ring (bicyclic) bond motifs is 1. The predicted molar refractivity (Wildman–Crippen MR) is 58.6 cm³/mol. The van der Waals surface area contributed by atoms with Gasteiger partial charge in [0.15, 0.2) is 0 Å². The van der Waals surface area contributed by atoms with Crippen molar-refractivity contribution < 1.29 is 9.09 Å². The third-order valence-electron chi connectivity index (χ3n) is 3.00. The molecular weight excluding hydrogens is 195 g/mol. The van der Waals surface area contributed by atoms with Crippen LogP contribution in [-0.2, 0) is 15.7 Å². The van der Waals surface area contributed by atoms with Gasteiger partial charge in [0.25, 0.3) is 0 Å². The Labute approximate surface area is 84.7 Å². The van der Waals surface area contributed by atoms with Crippen LogP contribution in [0.5, 0.6) is 0 Å². The second-order valence-electron chi connectivity index (χ2n) is 4.08. The molecule has 1 atom stereocenters. The molecule has 2 nitrogen and oxygen atoms in total. The first kappa shape index (κ1) is 9.95. The highest BCUT2D eigenvalue weighted by molar-refractivity contribution is 7.66. The second-order valence-corrected chi connectivity index (χ2v) is 6.48. The van der Waals surface area contributed by atoms with Crippen LogP contribution in [0.25, 0.3) is 0 Å². The Hall–Kier alpha value is -0.590. The molecule has 1 unspecified atom stereocenters. The van der Waals surface area contributed by atoms with Crippen molar-refractivity contribution in [2.75, 3.05) is 6.66 Å². The van der Waals surface area contributed by atoms with E-state index in [1.807, 2.05) is 6.92 Å². The molecule has 0 radical (unpaired) electrons. The Morgan fingerprint density at radius 3 is 2.57 bits per heavy atom. The van der Waals surface area contributed by atoms with Gasteiger partial charge in [0.2, 0.25) is 7.37 Å². The van der Waals surface area contributed by atoms with Gasteiger partial charge < -0.3 is 4.52 Å². The van der Waals surface area contributed by atoms with E-state index in [0.717, 1.165) is 16.4 Å². The number of hydrogen-bond acceptors (Lipinski definition) is 2. The standard InChI is InChI=1S/C11H15O2P/c1-7-5-8(2)10-6-13-14(4,12)11(10)9(7)3/h5H,6H2,1-4H3. The van der Waals surface area contributed by atoms with E-state index in [1.54, 1.807) is 6.66 Å². The summed E-state index contributed by atoms with van der Waals surface area (Å²) in [5.74, 6) is 0. The normalized spacial score (nSPS) is 25.1. The lowest BCUT2D eigenvalue weighted by molar-refractivity contribution is 0.327. The molecule has 3 heteroatoms. The van der Waals surface area contributed by atoms with Crippen LogP contribution in [0.15, 0.2) is 6.07 Å². The third-order valence-corrected chi connectivity index (χ3v) is 5.04. The number of benzene rings is 1. The molecule has 14 heavy (non-hydrogen) atoms.